The second-order valence-corrected chi connectivity index (χ2v) is 5.15. The maximum atomic E-state index is 6.07. The highest BCUT2D eigenvalue weighted by Crippen LogP contribution is 2.12. The Bertz CT molecular complexity index is 309. The lowest BCUT2D eigenvalue weighted by Crippen LogP contribution is -2.23. The van der Waals surface area contributed by atoms with Crippen LogP contribution in [0.1, 0.15) is 23.1 Å². The second-order valence-electron chi connectivity index (χ2n) is 4.16. The van der Waals surface area contributed by atoms with Crippen LogP contribution >= 0.6 is 11.8 Å². The molecule has 0 fully saturated rings. The number of aryl methyl sites for hydroxylation is 2. The monoisotopic (exact) mass is 223 g/mol. The maximum absolute atomic E-state index is 6.07. The van der Waals surface area contributed by atoms with E-state index < -0.39 is 0 Å². The molecule has 0 saturated heterocycles. The molecule has 1 unspecified atom stereocenters. The summed E-state index contributed by atoms with van der Waals surface area (Å²) in [5.41, 5.74) is 10.2. The molecule has 0 aliphatic rings. The highest BCUT2D eigenvalue weighted by molar-refractivity contribution is 7.98. The third-order valence-corrected chi connectivity index (χ3v) is 3.41. The summed E-state index contributed by atoms with van der Waals surface area (Å²) >= 11 is 1.87. The van der Waals surface area contributed by atoms with E-state index >= 15 is 0 Å². The van der Waals surface area contributed by atoms with Gasteiger partial charge in [-0.2, -0.15) is 11.8 Å². The number of thioether (sulfide) groups is 1. The van der Waals surface area contributed by atoms with Gasteiger partial charge in [0.2, 0.25) is 0 Å². The van der Waals surface area contributed by atoms with Gasteiger partial charge < -0.3 is 5.73 Å². The van der Waals surface area contributed by atoms with Crippen LogP contribution in [0.25, 0.3) is 0 Å². The Labute approximate surface area is 97.4 Å². The Kier molecular flexibility index (Phi) is 5.20. The van der Waals surface area contributed by atoms with Crippen molar-refractivity contribution in [2.45, 2.75) is 32.7 Å². The molecule has 0 bridgehead atoms. The molecule has 0 aromatic heterocycles. The van der Waals surface area contributed by atoms with E-state index in [9.17, 15) is 0 Å². The average molecular weight is 223 g/mol. The van der Waals surface area contributed by atoms with Gasteiger partial charge in [-0.3, -0.25) is 0 Å². The fourth-order valence-corrected chi connectivity index (χ4v) is 2.14. The Balaban J connectivity index is 2.53. The lowest BCUT2D eigenvalue weighted by Gasteiger charge is -2.11. The number of hydrogen-bond donors (Lipinski definition) is 1. The first-order valence-electron chi connectivity index (χ1n) is 5.44. The number of benzene rings is 1. The van der Waals surface area contributed by atoms with Crippen molar-refractivity contribution in [3.05, 3.63) is 34.9 Å². The first kappa shape index (κ1) is 12.6. The van der Waals surface area contributed by atoms with Gasteiger partial charge in [-0.05, 0) is 55.4 Å². The summed E-state index contributed by atoms with van der Waals surface area (Å²) in [4.78, 5) is 0. The quantitative estimate of drug-likeness (QED) is 0.830. The first-order valence-corrected chi connectivity index (χ1v) is 6.83. The summed E-state index contributed by atoms with van der Waals surface area (Å²) in [7, 11) is 0. The average Bonchev–Trinajstić information content (AvgIpc) is 2.20. The van der Waals surface area contributed by atoms with E-state index in [0.29, 0.717) is 6.04 Å². The highest BCUT2D eigenvalue weighted by Gasteiger charge is 2.04. The van der Waals surface area contributed by atoms with Crippen molar-refractivity contribution in [3.63, 3.8) is 0 Å². The molecular weight excluding hydrogens is 202 g/mol. The lowest BCUT2D eigenvalue weighted by molar-refractivity contribution is 0.651. The predicted octanol–water partition coefficient (Wildman–Crippen LogP) is 2.93. The first-order chi connectivity index (χ1) is 7.13. The molecule has 1 rings (SSSR count). The molecule has 15 heavy (non-hydrogen) atoms. The van der Waals surface area contributed by atoms with E-state index in [0.717, 1.165) is 18.6 Å². The third-order valence-electron chi connectivity index (χ3n) is 2.76. The largest absolute Gasteiger partial charge is 0.327 e. The van der Waals surface area contributed by atoms with E-state index in [1.807, 2.05) is 11.8 Å². The van der Waals surface area contributed by atoms with Crippen molar-refractivity contribution >= 4 is 11.8 Å². The van der Waals surface area contributed by atoms with Crippen molar-refractivity contribution in [1.82, 2.24) is 0 Å². The van der Waals surface area contributed by atoms with E-state index in [-0.39, 0.29) is 0 Å². The smallest absolute Gasteiger partial charge is 0.00871 e. The predicted molar refractivity (Wildman–Crippen MR) is 70.6 cm³/mol. The molecule has 1 atom stereocenters. The molecule has 0 aliphatic carbocycles. The molecule has 0 saturated carbocycles. The summed E-state index contributed by atoms with van der Waals surface area (Å²) in [5, 5.41) is 0. The fraction of sp³-hybridized carbons (Fsp3) is 0.538. The Morgan fingerprint density at radius 3 is 2.60 bits per heavy atom. The van der Waals surface area contributed by atoms with Gasteiger partial charge in [-0.15, -0.1) is 0 Å². The highest BCUT2D eigenvalue weighted by atomic mass is 32.2. The summed E-state index contributed by atoms with van der Waals surface area (Å²) in [6.45, 7) is 4.30. The Morgan fingerprint density at radius 2 is 2.00 bits per heavy atom. The summed E-state index contributed by atoms with van der Waals surface area (Å²) < 4.78 is 0. The van der Waals surface area contributed by atoms with Gasteiger partial charge in [0, 0.05) is 6.04 Å². The van der Waals surface area contributed by atoms with Crippen LogP contribution in [0.3, 0.4) is 0 Å². The van der Waals surface area contributed by atoms with Crippen molar-refractivity contribution in [1.29, 1.82) is 0 Å². The van der Waals surface area contributed by atoms with Crippen molar-refractivity contribution in [3.8, 4) is 0 Å². The van der Waals surface area contributed by atoms with Gasteiger partial charge in [0.1, 0.15) is 0 Å². The standard InChI is InChI=1S/C13H21NS/c1-10-4-5-12(8-11(10)2)9-13(14)6-7-15-3/h4-5,8,13H,6-7,9,14H2,1-3H3. The van der Waals surface area contributed by atoms with E-state index in [1.165, 1.54) is 16.7 Å². The zero-order valence-corrected chi connectivity index (χ0v) is 10.7. The van der Waals surface area contributed by atoms with Gasteiger partial charge >= 0.3 is 0 Å². The zero-order valence-electron chi connectivity index (χ0n) is 9.92. The molecule has 1 nitrogen and oxygen atoms in total. The van der Waals surface area contributed by atoms with E-state index in [1.54, 1.807) is 0 Å². The minimum absolute atomic E-state index is 0.305. The van der Waals surface area contributed by atoms with Crippen LogP contribution in [0.5, 0.6) is 0 Å². The van der Waals surface area contributed by atoms with E-state index in [4.69, 9.17) is 5.73 Å². The minimum atomic E-state index is 0.305. The molecule has 0 radical (unpaired) electrons. The topological polar surface area (TPSA) is 26.0 Å². The van der Waals surface area contributed by atoms with Crippen LogP contribution in [-0.2, 0) is 6.42 Å². The molecule has 2 heteroatoms. The molecule has 0 spiro atoms. The van der Waals surface area contributed by atoms with Gasteiger partial charge in [-0.25, -0.2) is 0 Å². The molecule has 0 aliphatic heterocycles. The van der Waals surface area contributed by atoms with Gasteiger partial charge in [0.05, 0.1) is 0 Å². The van der Waals surface area contributed by atoms with E-state index in [2.05, 4.69) is 38.3 Å². The molecule has 2 N–H and O–H groups in total. The van der Waals surface area contributed by atoms with Gasteiger partial charge in [0.25, 0.3) is 0 Å². The maximum Gasteiger partial charge on any atom is 0.00871 e. The number of rotatable bonds is 5. The van der Waals surface area contributed by atoms with Crippen molar-refractivity contribution in [2.75, 3.05) is 12.0 Å². The lowest BCUT2D eigenvalue weighted by atomic mass is 10.0. The molecule has 0 amide bonds. The van der Waals surface area contributed by atoms with Gasteiger partial charge in [-0.1, -0.05) is 18.2 Å². The number of hydrogen-bond acceptors (Lipinski definition) is 2. The third kappa shape index (κ3) is 4.27. The van der Waals surface area contributed by atoms with Crippen molar-refractivity contribution in [2.24, 2.45) is 5.73 Å². The van der Waals surface area contributed by atoms with Gasteiger partial charge in [0.15, 0.2) is 0 Å². The van der Waals surface area contributed by atoms with Crippen LogP contribution in [0.15, 0.2) is 18.2 Å². The van der Waals surface area contributed by atoms with Crippen LogP contribution in [0.4, 0.5) is 0 Å². The summed E-state index contributed by atoms with van der Waals surface area (Å²) in [6, 6.07) is 6.95. The SMILES string of the molecule is CSCCC(N)Cc1ccc(C)c(C)c1. The molecular formula is C13H21NS. The normalized spacial score (nSPS) is 12.8. The van der Waals surface area contributed by atoms with Crippen molar-refractivity contribution < 1.29 is 0 Å². The zero-order chi connectivity index (χ0) is 11.3. The van der Waals surface area contributed by atoms with Crippen LogP contribution in [-0.4, -0.2) is 18.1 Å². The molecule has 1 aromatic rings. The Hall–Kier alpha value is -0.470. The summed E-state index contributed by atoms with van der Waals surface area (Å²) in [6.07, 6.45) is 4.23. The minimum Gasteiger partial charge on any atom is -0.327 e. The fourth-order valence-electron chi connectivity index (χ4n) is 1.60. The molecule has 0 heterocycles. The number of nitrogens with two attached hydrogens (primary N) is 1. The Morgan fingerprint density at radius 1 is 1.27 bits per heavy atom. The second kappa shape index (κ2) is 6.19. The molecule has 1 aromatic carbocycles. The summed E-state index contributed by atoms with van der Waals surface area (Å²) in [5.74, 6) is 1.16. The van der Waals surface area contributed by atoms with Crippen LogP contribution < -0.4 is 5.73 Å². The molecule has 84 valence electrons. The van der Waals surface area contributed by atoms with Crippen LogP contribution in [0, 0.1) is 13.8 Å². The van der Waals surface area contributed by atoms with Crippen LogP contribution in [0.2, 0.25) is 0 Å².